The molecule has 0 radical (unpaired) electrons. The first kappa shape index (κ1) is 14.0. The Kier molecular flexibility index (Phi) is 3.43. The van der Waals surface area contributed by atoms with E-state index < -0.39 is 10.0 Å². The van der Waals surface area contributed by atoms with Crippen molar-refractivity contribution in [3.05, 3.63) is 47.5 Å². The molecule has 110 valence electrons. The van der Waals surface area contributed by atoms with Crippen molar-refractivity contribution in [1.82, 2.24) is 0 Å². The molecule has 7 heteroatoms. The molecule has 2 N–H and O–H groups in total. The second-order valence-corrected chi connectivity index (χ2v) is 6.88. The van der Waals surface area contributed by atoms with Gasteiger partial charge in [0.15, 0.2) is 0 Å². The molecule has 0 bridgehead atoms. The highest BCUT2D eigenvalue weighted by Gasteiger charge is 2.31. The molecule has 0 saturated heterocycles. The van der Waals surface area contributed by atoms with Crippen LogP contribution in [0.3, 0.4) is 0 Å². The number of benzene rings is 2. The lowest BCUT2D eigenvalue weighted by molar-refractivity contribution is 0.325. The number of ether oxygens (including phenoxy) is 1. The maximum Gasteiger partial charge on any atom is 0.268 e. The third-order valence-electron chi connectivity index (χ3n) is 3.20. The smallest absolute Gasteiger partial charge is 0.268 e. The van der Waals surface area contributed by atoms with Gasteiger partial charge < -0.3 is 10.5 Å². The Morgan fingerprint density at radius 1 is 1.14 bits per heavy atom. The number of hydrogen-bond donors (Lipinski definition) is 1. The van der Waals surface area contributed by atoms with Crippen molar-refractivity contribution in [3.63, 3.8) is 0 Å². The monoisotopic (exact) mass is 324 g/mol. The first-order valence-corrected chi connectivity index (χ1v) is 8.11. The Labute approximate surface area is 127 Å². The number of anilines is 2. The molecule has 0 saturated carbocycles. The Balaban J connectivity index is 2.13. The number of nitrogens with two attached hydrogens (primary N) is 1. The van der Waals surface area contributed by atoms with Crippen LogP contribution in [-0.4, -0.2) is 21.6 Å². The summed E-state index contributed by atoms with van der Waals surface area (Å²) in [6.07, 6.45) is 0. The number of hydrogen-bond acceptors (Lipinski definition) is 4. The van der Waals surface area contributed by atoms with E-state index in [9.17, 15) is 8.42 Å². The molecule has 0 aromatic heterocycles. The van der Waals surface area contributed by atoms with E-state index in [1.54, 1.807) is 36.4 Å². The maximum atomic E-state index is 12.8. The van der Waals surface area contributed by atoms with Crippen LogP contribution >= 0.6 is 11.6 Å². The summed E-state index contributed by atoms with van der Waals surface area (Å²) >= 11 is 5.85. The van der Waals surface area contributed by atoms with Gasteiger partial charge in [-0.25, -0.2) is 8.42 Å². The Bertz CT molecular complexity index is 775. The van der Waals surface area contributed by atoms with Gasteiger partial charge in [0, 0.05) is 10.7 Å². The van der Waals surface area contributed by atoms with Gasteiger partial charge in [0.2, 0.25) is 0 Å². The van der Waals surface area contributed by atoms with Crippen LogP contribution in [0.25, 0.3) is 0 Å². The highest BCUT2D eigenvalue weighted by Crippen LogP contribution is 2.33. The minimum absolute atomic E-state index is 0.0787. The Morgan fingerprint density at radius 2 is 1.86 bits per heavy atom. The zero-order valence-corrected chi connectivity index (χ0v) is 12.6. The second-order valence-electron chi connectivity index (χ2n) is 4.61. The summed E-state index contributed by atoms with van der Waals surface area (Å²) in [5.74, 6) is 0.320. The molecule has 0 fully saturated rings. The van der Waals surface area contributed by atoms with E-state index in [1.807, 2.05) is 0 Å². The number of fused-ring (bicyclic) bond motifs is 1. The molecule has 1 aliphatic rings. The predicted molar refractivity (Wildman–Crippen MR) is 82.3 cm³/mol. The van der Waals surface area contributed by atoms with Gasteiger partial charge in [-0.05, 0) is 42.5 Å². The highest BCUT2D eigenvalue weighted by molar-refractivity contribution is 7.93. The van der Waals surface area contributed by atoms with Crippen molar-refractivity contribution < 1.29 is 13.2 Å². The SMILES string of the molecule is Nc1ccc2c(c1)S(=O)(=O)N(c1ccc(Cl)cc1)CCO2. The minimum Gasteiger partial charge on any atom is -0.490 e. The number of halogens is 1. The van der Waals surface area contributed by atoms with Gasteiger partial charge in [-0.1, -0.05) is 11.6 Å². The van der Waals surface area contributed by atoms with E-state index >= 15 is 0 Å². The molecule has 2 aromatic carbocycles. The normalized spacial score (nSPS) is 16.7. The summed E-state index contributed by atoms with van der Waals surface area (Å²) in [5.41, 5.74) is 6.62. The van der Waals surface area contributed by atoms with Crippen molar-refractivity contribution in [2.24, 2.45) is 0 Å². The van der Waals surface area contributed by atoms with Gasteiger partial charge >= 0.3 is 0 Å². The van der Waals surface area contributed by atoms with Crippen molar-refractivity contribution in [3.8, 4) is 5.75 Å². The predicted octanol–water partition coefficient (Wildman–Crippen LogP) is 2.51. The molecule has 2 aromatic rings. The third-order valence-corrected chi connectivity index (χ3v) is 5.30. The van der Waals surface area contributed by atoms with Crippen molar-refractivity contribution in [1.29, 1.82) is 0 Å². The van der Waals surface area contributed by atoms with E-state index in [0.29, 0.717) is 22.1 Å². The molecule has 0 amide bonds. The molecule has 21 heavy (non-hydrogen) atoms. The standard InChI is InChI=1S/C14H13ClN2O3S/c15-10-1-4-12(5-2-10)17-7-8-20-13-6-3-11(16)9-14(13)21(17,18)19/h1-6,9H,7-8,16H2. The minimum atomic E-state index is -3.72. The van der Waals surface area contributed by atoms with Crippen LogP contribution in [-0.2, 0) is 10.0 Å². The quantitative estimate of drug-likeness (QED) is 0.818. The lowest BCUT2D eigenvalue weighted by Gasteiger charge is -2.21. The largest absolute Gasteiger partial charge is 0.490 e. The fourth-order valence-electron chi connectivity index (χ4n) is 2.20. The fourth-order valence-corrected chi connectivity index (χ4v) is 3.94. The van der Waals surface area contributed by atoms with E-state index in [4.69, 9.17) is 22.1 Å². The topological polar surface area (TPSA) is 72.6 Å². The van der Waals surface area contributed by atoms with Crippen molar-refractivity contribution in [2.75, 3.05) is 23.2 Å². The van der Waals surface area contributed by atoms with Crippen LogP contribution < -0.4 is 14.8 Å². The average molecular weight is 325 g/mol. The molecule has 0 aliphatic carbocycles. The van der Waals surface area contributed by atoms with E-state index in [-0.39, 0.29) is 18.0 Å². The third kappa shape index (κ3) is 2.52. The van der Waals surface area contributed by atoms with Gasteiger partial charge in [-0.15, -0.1) is 0 Å². The molecular weight excluding hydrogens is 312 g/mol. The van der Waals surface area contributed by atoms with Gasteiger partial charge in [0.05, 0.1) is 12.2 Å². The summed E-state index contributed by atoms with van der Waals surface area (Å²) in [7, 11) is -3.72. The molecule has 0 spiro atoms. The molecule has 1 aliphatic heterocycles. The lowest BCUT2D eigenvalue weighted by Crippen LogP contribution is -2.32. The van der Waals surface area contributed by atoms with Crippen LogP contribution in [0.2, 0.25) is 5.02 Å². The fraction of sp³-hybridized carbons (Fsp3) is 0.143. The average Bonchev–Trinajstić information content (AvgIpc) is 2.57. The van der Waals surface area contributed by atoms with E-state index in [1.165, 1.54) is 10.4 Å². The first-order valence-electron chi connectivity index (χ1n) is 6.29. The molecule has 5 nitrogen and oxygen atoms in total. The van der Waals surface area contributed by atoms with Crippen LogP contribution in [0.15, 0.2) is 47.4 Å². The van der Waals surface area contributed by atoms with Gasteiger partial charge in [-0.2, -0.15) is 0 Å². The maximum absolute atomic E-state index is 12.8. The highest BCUT2D eigenvalue weighted by atomic mass is 35.5. The summed E-state index contributed by atoms with van der Waals surface area (Å²) in [4.78, 5) is 0.0787. The Hall–Kier alpha value is -1.92. The molecule has 0 unspecified atom stereocenters. The van der Waals surface area contributed by atoms with Gasteiger partial charge in [0.25, 0.3) is 10.0 Å². The van der Waals surface area contributed by atoms with Crippen molar-refractivity contribution in [2.45, 2.75) is 4.90 Å². The number of rotatable bonds is 1. The number of nitrogens with zero attached hydrogens (tertiary/aromatic N) is 1. The van der Waals surface area contributed by atoms with Crippen LogP contribution in [0.1, 0.15) is 0 Å². The lowest BCUT2D eigenvalue weighted by atomic mass is 10.3. The summed E-state index contributed by atoms with van der Waals surface area (Å²) in [6.45, 7) is 0.483. The van der Waals surface area contributed by atoms with E-state index in [2.05, 4.69) is 0 Å². The molecule has 0 atom stereocenters. The number of sulfonamides is 1. The van der Waals surface area contributed by atoms with Crippen LogP contribution in [0.4, 0.5) is 11.4 Å². The summed E-state index contributed by atoms with van der Waals surface area (Å²) in [6, 6.07) is 11.2. The van der Waals surface area contributed by atoms with E-state index in [0.717, 1.165) is 0 Å². The molecule has 1 heterocycles. The van der Waals surface area contributed by atoms with Gasteiger partial charge in [0.1, 0.15) is 17.3 Å². The van der Waals surface area contributed by atoms with Gasteiger partial charge in [-0.3, -0.25) is 4.31 Å². The summed E-state index contributed by atoms with van der Waals surface area (Å²) < 4.78 is 32.5. The molecule has 3 rings (SSSR count). The zero-order valence-electron chi connectivity index (χ0n) is 11.0. The van der Waals surface area contributed by atoms with Crippen LogP contribution in [0.5, 0.6) is 5.75 Å². The zero-order chi connectivity index (χ0) is 15.0. The van der Waals surface area contributed by atoms with Crippen molar-refractivity contribution >= 4 is 33.0 Å². The Morgan fingerprint density at radius 3 is 2.57 bits per heavy atom. The second kappa shape index (κ2) is 5.13. The molecular formula is C14H13ClN2O3S. The van der Waals surface area contributed by atoms with Crippen LogP contribution in [0, 0.1) is 0 Å². The first-order chi connectivity index (χ1) is 9.98. The summed E-state index contributed by atoms with van der Waals surface area (Å²) in [5, 5.41) is 0.548. The number of nitrogen functional groups attached to an aromatic ring is 1.